The molecule has 1 aromatic carbocycles. The third-order valence-corrected chi connectivity index (χ3v) is 5.85. The van der Waals surface area contributed by atoms with Gasteiger partial charge in [-0.15, -0.1) is 11.3 Å². The number of carbonyl (C=O) groups excluding carboxylic acids is 1. The van der Waals surface area contributed by atoms with Crippen LogP contribution in [0.1, 0.15) is 54.2 Å². The van der Waals surface area contributed by atoms with Crippen molar-refractivity contribution in [1.29, 1.82) is 0 Å². The molecule has 1 amide bonds. The lowest BCUT2D eigenvalue weighted by Gasteiger charge is -2.24. The number of hydrogen-bond acceptors (Lipinski definition) is 3. The van der Waals surface area contributed by atoms with Crippen molar-refractivity contribution in [3.8, 4) is 11.3 Å². The van der Waals surface area contributed by atoms with Crippen LogP contribution in [0.25, 0.3) is 11.3 Å². The lowest BCUT2D eigenvalue weighted by Crippen LogP contribution is -2.36. The standard InChI is InChI=1S/C21H23N3OS.C2H6/c1-15-23-20(14-26-15)17-12-19(22-13-17)21(25)24-11-5-8-18(24)10-9-16-6-3-2-4-7-16;1-2/h2-4,6-7,12-14,18,22H,5,8-11H2,1H3;1-2H3. The zero-order valence-electron chi connectivity index (χ0n) is 16.9. The van der Waals surface area contributed by atoms with Crippen molar-refractivity contribution < 1.29 is 4.79 Å². The van der Waals surface area contributed by atoms with Crippen LogP contribution in [-0.2, 0) is 6.42 Å². The zero-order valence-corrected chi connectivity index (χ0v) is 17.8. The molecule has 3 aromatic rings. The van der Waals surface area contributed by atoms with Gasteiger partial charge >= 0.3 is 0 Å². The van der Waals surface area contributed by atoms with Gasteiger partial charge in [0.1, 0.15) is 5.69 Å². The van der Waals surface area contributed by atoms with Gasteiger partial charge in [-0.1, -0.05) is 44.2 Å². The molecule has 1 unspecified atom stereocenters. The Labute approximate surface area is 171 Å². The topological polar surface area (TPSA) is 49.0 Å². The van der Waals surface area contributed by atoms with E-state index < -0.39 is 0 Å². The summed E-state index contributed by atoms with van der Waals surface area (Å²) in [5.41, 5.74) is 3.92. The molecule has 3 heterocycles. The second-order valence-electron chi connectivity index (χ2n) is 6.87. The summed E-state index contributed by atoms with van der Waals surface area (Å²) < 4.78 is 0. The maximum atomic E-state index is 13.0. The van der Waals surface area contributed by atoms with Crippen LogP contribution in [-0.4, -0.2) is 33.4 Å². The molecule has 0 saturated carbocycles. The van der Waals surface area contributed by atoms with Gasteiger partial charge in [-0.05, 0) is 44.2 Å². The number of rotatable bonds is 5. The Kier molecular flexibility index (Phi) is 7.04. The van der Waals surface area contributed by atoms with Crippen LogP contribution < -0.4 is 0 Å². The Hall–Kier alpha value is -2.40. The second-order valence-corrected chi connectivity index (χ2v) is 7.93. The van der Waals surface area contributed by atoms with Gasteiger partial charge in [0.15, 0.2) is 0 Å². The van der Waals surface area contributed by atoms with E-state index in [9.17, 15) is 4.79 Å². The van der Waals surface area contributed by atoms with Crippen molar-refractivity contribution in [3.05, 3.63) is 64.2 Å². The first-order chi connectivity index (χ1) is 13.7. The first-order valence-corrected chi connectivity index (χ1v) is 11.0. The molecule has 1 atom stereocenters. The number of aryl methyl sites for hydroxylation is 2. The molecule has 1 aliphatic rings. The highest BCUT2D eigenvalue weighted by Crippen LogP contribution is 2.26. The van der Waals surface area contributed by atoms with E-state index >= 15 is 0 Å². The molecule has 2 aromatic heterocycles. The molecule has 1 fully saturated rings. The lowest BCUT2D eigenvalue weighted by atomic mass is 10.0. The quantitative estimate of drug-likeness (QED) is 0.601. The average Bonchev–Trinajstić information content (AvgIpc) is 3.48. The Morgan fingerprint density at radius 3 is 2.79 bits per heavy atom. The van der Waals surface area contributed by atoms with Crippen LogP contribution in [0.2, 0.25) is 0 Å². The molecule has 0 aliphatic carbocycles. The molecule has 1 saturated heterocycles. The molecule has 148 valence electrons. The van der Waals surface area contributed by atoms with Gasteiger partial charge in [0, 0.05) is 29.7 Å². The minimum atomic E-state index is 0.110. The minimum absolute atomic E-state index is 0.110. The van der Waals surface area contributed by atoms with Crippen LogP contribution in [0.3, 0.4) is 0 Å². The van der Waals surface area contributed by atoms with Crippen LogP contribution in [0.15, 0.2) is 48.0 Å². The van der Waals surface area contributed by atoms with E-state index in [0.717, 1.165) is 48.5 Å². The summed E-state index contributed by atoms with van der Waals surface area (Å²) in [6.07, 6.45) is 6.11. The number of likely N-dealkylation sites (tertiary alicyclic amines) is 1. The zero-order chi connectivity index (χ0) is 19.9. The second kappa shape index (κ2) is 9.69. The minimum Gasteiger partial charge on any atom is -0.357 e. The summed E-state index contributed by atoms with van der Waals surface area (Å²) >= 11 is 1.63. The predicted molar refractivity (Wildman–Crippen MR) is 117 cm³/mol. The Morgan fingerprint density at radius 1 is 1.29 bits per heavy atom. The number of carbonyl (C=O) groups is 1. The molecule has 1 aliphatic heterocycles. The molecular formula is C23H29N3OS. The SMILES string of the molecule is CC.Cc1nc(-c2c[nH]c(C(=O)N3CCCC3CCc3ccccc3)c2)cs1. The van der Waals surface area contributed by atoms with E-state index in [1.807, 2.05) is 49.4 Å². The van der Waals surface area contributed by atoms with Crippen molar-refractivity contribution in [2.24, 2.45) is 0 Å². The van der Waals surface area contributed by atoms with Gasteiger partial charge in [-0.3, -0.25) is 4.79 Å². The number of nitrogens with zero attached hydrogens (tertiary/aromatic N) is 2. The maximum absolute atomic E-state index is 13.0. The molecule has 28 heavy (non-hydrogen) atoms. The van der Waals surface area contributed by atoms with Gasteiger partial charge in [0.05, 0.1) is 10.7 Å². The molecule has 0 spiro atoms. The summed E-state index contributed by atoms with van der Waals surface area (Å²) in [5.74, 6) is 0.110. The van der Waals surface area contributed by atoms with Crippen LogP contribution in [0.5, 0.6) is 0 Å². The van der Waals surface area contributed by atoms with E-state index in [0.29, 0.717) is 11.7 Å². The maximum Gasteiger partial charge on any atom is 0.270 e. The molecule has 0 bridgehead atoms. The van der Waals surface area contributed by atoms with E-state index in [4.69, 9.17) is 0 Å². The first kappa shape index (κ1) is 20.3. The number of amides is 1. The molecular weight excluding hydrogens is 366 g/mol. The number of H-pyrrole nitrogens is 1. The fourth-order valence-corrected chi connectivity index (χ4v) is 4.32. The molecule has 5 heteroatoms. The Balaban J connectivity index is 0.00000109. The van der Waals surface area contributed by atoms with Crippen molar-refractivity contribution >= 4 is 17.2 Å². The number of hydrogen-bond donors (Lipinski definition) is 1. The predicted octanol–water partition coefficient (Wildman–Crippen LogP) is 5.71. The van der Waals surface area contributed by atoms with Crippen LogP contribution in [0, 0.1) is 6.92 Å². The summed E-state index contributed by atoms with van der Waals surface area (Å²) in [5, 5.41) is 3.07. The first-order valence-electron chi connectivity index (χ1n) is 10.2. The third-order valence-electron chi connectivity index (χ3n) is 5.08. The van der Waals surface area contributed by atoms with Gasteiger partial charge < -0.3 is 9.88 Å². The molecule has 4 rings (SSSR count). The van der Waals surface area contributed by atoms with Gasteiger partial charge in [0.25, 0.3) is 5.91 Å². The molecule has 1 N–H and O–H groups in total. The molecule has 0 radical (unpaired) electrons. The van der Waals surface area contributed by atoms with Crippen LogP contribution in [0.4, 0.5) is 0 Å². The summed E-state index contributed by atoms with van der Waals surface area (Å²) in [7, 11) is 0. The van der Waals surface area contributed by atoms with Crippen molar-refractivity contribution in [2.75, 3.05) is 6.54 Å². The highest BCUT2D eigenvalue weighted by atomic mass is 32.1. The van der Waals surface area contributed by atoms with Crippen molar-refractivity contribution in [1.82, 2.24) is 14.9 Å². The fourth-order valence-electron chi connectivity index (χ4n) is 3.70. The van der Waals surface area contributed by atoms with Gasteiger partial charge in [-0.2, -0.15) is 0 Å². The highest BCUT2D eigenvalue weighted by molar-refractivity contribution is 7.09. The van der Waals surface area contributed by atoms with E-state index in [2.05, 4.69) is 34.2 Å². The average molecular weight is 396 g/mol. The third kappa shape index (κ3) is 4.71. The van der Waals surface area contributed by atoms with Gasteiger partial charge in [-0.25, -0.2) is 4.98 Å². The Bertz CT molecular complexity index is 884. The molecule has 4 nitrogen and oxygen atoms in total. The van der Waals surface area contributed by atoms with E-state index in [1.54, 1.807) is 11.3 Å². The number of thiazole rings is 1. The normalized spacial score (nSPS) is 16.0. The van der Waals surface area contributed by atoms with Crippen molar-refractivity contribution in [2.45, 2.75) is 52.5 Å². The highest BCUT2D eigenvalue weighted by Gasteiger charge is 2.29. The summed E-state index contributed by atoms with van der Waals surface area (Å²) in [6.45, 7) is 6.84. The lowest BCUT2D eigenvalue weighted by molar-refractivity contribution is 0.0725. The smallest absolute Gasteiger partial charge is 0.270 e. The van der Waals surface area contributed by atoms with E-state index in [1.165, 1.54) is 5.56 Å². The van der Waals surface area contributed by atoms with Crippen molar-refractivity contribution in [3.63, 3.8) is 0 Å². The van der Waals surface area contributed by atoms with Crippen LogP contribution >= 0.6 is 11.3 Å². The number of benzene rings is 1. The number of nitrogens with one attached hydrogen (secondary N) is 1. The summed E-state index contributed by atoms with van der Waals surface area (Å²) in [6, 6.07) is 12.8. The monoisotopic (exact) mass is 395 g/mol. The fraction of sp³-hybridized carbons (Fsp3) is 0.391. The number of aromatic nitrogens is 2. The Morgan fingerprint density at radius 2 is 2.07 bits per heavy atom. The summed E-state index contributed by atoms with van der Waals surface area (Å²) in [4.78, 5) is 22.7. The van der Waals surface area contributed by atoms with Gasteiger partial charge in [0.2, 0.25) is 0 Å². The largest absolute Gasteiger partial charge is 0.357 e. The number of aromatic amines is 1. The van der Waals surface area contributed by atoms with E-state index in [-0.39, 0.29) is 5.91 Å².